The quantitative estimate of drug-likeness (QED) is 0.110. The number of hydrogen-bond acceptors (Lipinski definition) is 30. The Labute approximate surface area is 862 Å². The molecule has 0 bridgehead atoms. The van der Waals surface area contributed by atoms with Crippen LogP contribution in [0.25, 0.3) is 30.1 Å². The maximum atomic E-state index is 15.0. The van der Waals surface area contributed by atoms with Crippen molar-refractivity contribution in [3.63, 3.8) is 0 Å². The van der Waals surface area contributed by atoms with Gasteiger partial charge >= 0.3 is 0 Å². The van der Waals surface area contributed by atoms with Gasteiger partial charge < -0.3 is 118 Å². The summed E-state index contributed by atoms with van der Waals surface area (Å²) in [6, 6.07) is 32.7. The average Bonchev–Trinajstić information content (AvgIpc) is 0.749. The number of carbonyl (C=O) groups is 5. The third kappa shape index (κ3) is 17.2. The molecular weight excluding hydrogens is 1940 g/mol. The van der Waals surface area contributed by atoms with Crippen molar-refractivity contribution >= 4 is 59.0 Å². The zero-order valence-electron chi connectivity index (χ0n) is 86.2. The Hall–Kier alpha value is -16.0. The number of methoxy groups -OCH3 is 9. The van der Waals surface area contributed by atoms with E-state index in [4.69, 9.17) is 118 Å². The third-order valence-electron chi connectivity index (χ3n) is 29.1. The number of hydrogen-bond donors (Lipinski definition) is 0. The van der Waals surface area contributed by atoms with E-state index in [1.807, 2.05) is 96.2 Å². The van der Waals surface area contributed by atoms with Crippen molar-refractivity contribution in [3.05, 3.63) is 235 Å². The molecule has 0 aliphatic carbocycles. The molecule has 30 nitrogen and oxygen atoms in total. The van der Waals surface area contributed by atoms with Crippen LogP contribution in [0.3, 0.4) is 0 Å². The molecule has 0 saturated heterocycles. The first-order chi connectivity index (χ1) is 71.9. The lowest BCUT2D eigenvalue weighted by Crippen LogP contribution is -2.43. The van der Waals surface area contributed by atoms with Crippen LogP contribution < -0.4 is 118 Å². The summed E-state index contributed by atoms with van der Waals surface area (Å²) in [6.45, 7) is 22.1. The molecule has 0 spiro atoms. The molecule has 1 unspecified atom stereocenters. The number of rotatable bonds is 12. The van der Waals surface area contributed by atoms with E-state index in [0.717, 1.165) is 34.4 Å². The molecule has 780 valence electrons. The van der Waals surface area contributed by atoms with Crippen molar-refractivity contribution in [2.45, 2.75) is 171 Å². The van der Waals surface area contributed by atoms with Crippen LogP contribution >= 0.6 is 0 Å². The normalized spacial score (nSPS) is 23.1. The molecule has 25 rings (SSSR count). The van der Waals surface area contributed by atoms with E-state index in [2.05, 4.69) is 6.92 Å². The number of fused-ring (bicyclic) bond motifs is 30. The Morgan fingerprint density at radius 2 is 0.613 bits per heavy atom. The second-order valence-corrected chi connectivity index (χ2v) is 40.3. The molecule has 0 radical (unpaired) electrons. The molecule has 0 aromatic heterocycles. The fourth-order valence-electron chi connectivity index (χ4n) is 21.4. The summed E-state index contributed by atoms with van der Waals surface area (Å²) < 4.78 is 189. The summed E-state index contributed by atoms with van der Waals surface area (Å²) in [5.74, 6) is 7.90. The van der Waals surface area contributed by atoms with Gasteiger partial charge in [0.1, 0.15) is 178 Å². The molecule has 10 aromatic carbocycles. The predicted octanol–water partition coefficient (Wildman–Crippen LogP) is 21.6. The highest BCUT2D eigenvalue weighted by Crippen LogP contribution is 2.60. The first-order valence-electron chi connectivity index (χ1n) is 49.3. The highest BCUT2D eigenvalue weighted by molar-refractivity contribution is 6.11. The van der Waals surface area contributed by atoms with Crippen LogP contribution in [0, 0.1) is 5.82 Å². The first-order valence-corrected chi connectivity index (χ1v) is 49.3. The van der Waals surface area contributed by atoms with Crippen LogP contribution in [0.15, 0.2) is 145 Å². The fourth-order valence-corrected chi connectivity index (χ4v) is 21.4. The van der Waals surface area contributed by atoms with Crippen LogP contribution in [0.1, 0.15) is 220 Å². The Bertz CT molecular complexity index is 7460. The molecule has 15 aliphatic rings. The van der Waals surface area contributed by atoms with Crippen LogP contribution in [0.5, 0.6) is 144 Å². The summed E-state index contributed by atoms with van der Waals surface area (Å²) in [7, 11) is 13.9. The summed E-state index contributed by atoms with van der Waals surface area (Å²) in [6.07, 6.45) is 12.6. The zero-order valence-corrected chi connectivity index (χ0v) is 86.2. The lowest BCUT2D eigenvalue weighted by Gasteiger charge is -2.39. The molecule has 0 saturated carbocycles. The minimum Gasteiger partial charge on any atom is -0.493 e. The minimum absolute atomic E-state index is 0.0121. The standard InChI is InChI=1S/2C24H24O6.3C23H21FO6/c1-5-27-19-10-15-17(11-18(19)26-4)28-12-20-21(15)22(25)14-6-7-16-13(23(14)29-20)8-9-24(2,3)30-16;1-5-24(2)9-8-13-16(30-24)7-6-14-22(25)21-15-10-18(26-3)19(27-4)11-17(15)28-12-20(21)29-23(13)14;1-23(2)6-5-11-21-13(7-14(24)22(11)30-23)20(25)19-12-8-16(26-3)17(27-4)9-15(12)28-10-18(19)29-21;1-23(2)9-13(24)20-14(30-23)6-5-11-21(25)19-12-7-16(26-3)17(27-4)8-15(12)28-10-18(19)29-22(11)20;1-23(2)19(24)8-13-14(30-23)6-5-11-21(25)20-12-7-16(26-3)17(27-4)9-15(12)28-10-18(20)29-22(11)13/h2*6-11,20-21H,5,12H2,1-4H3;2*5-9,18-19H,10H2,1-4H3;5-9,18,20H,10H2,1-4H3/t20-,21+;20-,21+,24?;2*18-,19+;18-,20+/m11111/s1/i;;3*24-1. The van der Waals surface area contributed by atoms with Gasteiger partial charge in [0, 0.05) is 58.1 Å². The number of Topliss-reactive ketones (excluding diaryl/α,β-unsaturated/α-hetero) is 5. The van der Waals surface area contributed by atoms with Gasteiger partial charge in [-0.3, -0.25) is 24.0 Å². The van der Waals surface area contributed by atoms with E-state index in [1.54, 1.807) is 147 Å². The minimum atomic E-state index is -1.06. The average molecular weight is 2050 g/mol. The van der Waals surface area contributed by atoms with Gasteiger partial charge in [-0.2, -0.15) is 0 Å². The first kappa shape index (κ1) is 100.0. The van der Waals surface area contributed by atoms with Gasteiger partial charge in [0.25, 0.3) is 0 Å². The van der Waals surface area contributed by atoms with Gasteiger partial charge in [0.05, 0.1) is 156 Å². The molecule has 150 heavy (non-hydrogen) atoms. The molecule has 15 heterocycles. The van der Waals surface area contributed by atoms with Crippen molar-refractivity contribution in [2.24, 2.45) is 0 Å². The maximum absolute atomic E-state index is 15.0. The van der Waals surface area contributed by atoms with Gasteiger partial charge in [-0.1, -0.05) is 6.92 Å². The van der Waals surface area contributed by atoms with Gasteiger partial charge in [0.2, 0.25) is 0 Å². The molecule has 0 N–H and O–H groups in total. The summed E-state index contributed by atoms with van der Waals surface area (Å²) in [5.41, 5.74) is 4.93. The summed E-state index contributed by atoms with van der Waals surface area (Å²) >= 11 is 0. The monoisotopic (exact) mass is 2050 g/mol. The van der Waals surface area contributed by atoms with Crippen molar-refractivity contribution < 1.29 is 156 Å². The number of carbonyl (C=O) groups excluding carboxylic acids is 5. The molecule has 0 amide bonds. The Balaban J connectivity index is 0.000000109. The van der Waals surface area contributed by atoms with Crippen LogP contribution in [-0.4, -0.2) is 191 Å². The lowest BCUT2D eigenvalue weighted by molar-refractivity contribution is 0.0543. The van der Waals surface area contributed by atoms with Crippen molar-refractivity contribution in [2.75, 3.05) is 104 Å². The van der Waals surface area contributed by atoms with E-state index in [1.165, 1.54) is 53.8 Å². The van der Waals surface area contributed by atoms with E-state index in [0.29, 0.717) is 183 Å². The van der Waals surface area contributed by atoms with Crippen molar-refractivity contribution in [1.82, 2.24) is 0 Å². The molecule has 11 atom stereocenters. The summed E-state index contributed by atoms with van der Waals surface area (Å²) in [4.78, 5) is 67.6. The predicted molar refractivity (Wildman–Crippen MR) is 543 cm³/mol. The van der Waals surface area contributed by atoms with Crippen LogP contribution in [-0.2, 0) is 0 Å². The maximum Gasteiger partial charge on any atom is 0.178 e. The van der Waals surface area contributed by atoms with E-state index in [9.17, 15) is 37.1 Å². The smallest absolute Gasteiger partial charge is 0.178 e. The number of benzene rings is 10. The van der Waals surface area contributed by atoms with Gasteiger partial charge in [-0.05, 0) is 209 Å². The molecule has 0 fully saturated rings. The molecule has 10 aromatic rings. The van der Waals surface area contributed by atoms with E-state index >= 15 is 0 Å². The Morgan fingerprint density at radius 1 is 0.307 bits per heavy atom. The lowest BCUT2D eigenvalue weighted by atomic mass is 9.81. The van der Waals surface area contributed by atoms with Crippen LogP contribution in [0.2, 0.25) is 0 Å². The fraction of sp³-hybridized carbons (Fsp3) is 0.359. The van der Waals surface area contributed by atoms with Crippen LogP contribution in [0.4, 0.5) is 13.2 Å². The topological polar surface area (TPSA) is 316 Å². The van der Waals surface area contributed by atoms with E-state index < -0.39 is 100.0 Å². The molecule has 33 heteroatoms. The van der Waals surface area contributed by atoms with Gasteiger partial charge in [0.15, 0.2) is 104 Å². The third-order valence-corrected chi connectivity index (χ3v) is 29.1. The Morgan fingerprint density at radius 3 is 1.00 bits per heavy atom. The number of halogens is 3. The largest absolute Gasteiger partial charge is 0.493 e. The summed E-state index contributed by atoms with van der Waals surface area (Å²) in [5, 5.41) is 0. The van der Waals surface area contributed by atoms with Gasteiger partial charge in [-0.15, -0.1) is 0 Å². The van der Waals surface area contributed by atoms with Crippen molar-refractivity contribution in [3.8, 4) is 144 Å². The second-order valence-electron chi connectivity index (χ2n) is 40.3. The second kappa shape index (κ2) is 38.0. The Kier molecular flexibility index (Phi) is 25.3. The number of ether oxygens (including phenoxy) is 25. The van der Waals surface area contributed by atoms with Crippen molar-refractivity contribution in [1.29, 1.82) is 0 Å². The highest BCUT2D eigenvalue weighted by atomic mass is 18.2. The molecular formula is C117H111F3O30. The number of ketones is 5. The zero-order chi connectivity index (χ0) is 106. The molecule has 15 aliphatic heterocycles. The van der Waals surface area contributed by atoms with E-state index in [-0.39, 0.29) is 90.2 Å². The van der Waals surface area contributed by atoms with Gasteiger partial charge in [-0.25, -0.2) is 13.2 Å². The highest BCUT2D eigenvalue weighted by Gasteiger charge is 2.54. The SMILES string of the molecule is CCC1(C)C=Cc2c(ccc3c2O[C@@H]2COc4cc(OC)c(OC)cc4[C@@H]2C3=O)O1.CCOc1cc2c(cc1OC)OC[C@H]1Oc3c(ccc4c3C=CC(C)(C)O4)C(=O)[C@@H]21.COc1cc2c(cc1OC)[C@@H]1C(=O)c3cc([18F])c4c(c3O[C@@H]1CO2)C=CC(C)(C)O4.COc1cc2c(cc1OC)[C@@H]1C(=O)c3ccc4c(c3O[C@@H]1CO2)C([18F])=CC(C)(C)O4.COc1cc2c(cc1OC)[C@@H]1C(=O)c3ccc4c(c3O[C@@H]1CO2)C=C([18F])C(C)(C)O4.